The lowest BCUT2D eigenvalue weighted by atomic mass is 10.1. The number of hydrogen-bond acceptors (Lipinski definition) is 13. The van der Waals surface area contributed by atoms with Crippen LogP contribution in [0.2, 0.25) is 38.3 Å². The number of carbonyl (C=O) groups excluding carboxylic acids is 1. The van der Waals surface area contributed by atoms with Gasteiger partial charge in [-0.3, -0.25) is 0 Å². The van der Waals surface area contributed by atoms with Crippen molar-refractivity contribution in [3.63, 3.8) is 0 Å². The number of hydrogen-bond donors (Lipinski definition) is 1. The number of rotatable bonds is 28. The summed E-state index contributed by atoms with van der Waals surface area (Å²) in [7, 11) is -3.65. The van der Waals surface area contributed by atoms with Crippen molar-refractivity contribution in [2.45, 2.75) is 89.6 Å². The van der Waals surface area contributed by atoms with Gasteiger partial charge < -0.3 is 18.4 Å². The van der Waals surface area contributed by atoms with Gasteiger partial charge in [-0.2, -0.15) is 0 Å². The Morgan fingerprint density at radius 1 is 0.600 bits per heavy atom. The van der Waals surface area contributed by atoms with Crippen molar-refractivity contribution in [3.05, 3.63) is 0 Å². The first-order valence-electron chi connectivity index (χ1n) is 12.1. The van der Waals surface area contributed by atoms with E-state index in [2.05, 4.69) is 61.5 Å². The minimum absolute atomic E-state index is 0.263. The smallest absolute Gasteiger partial charge is 0.173 e. The van der Waals surface area contributed by atoms with Gasteiger partial charge >= 0.3 is 0 Å². The monoisotopic (exact) mass is 548 g/mol. The molecule has 0 rings (SSSR count). The lowest BCUT2D eigenvalue weighted by Crippen LogP contribution is -2.44. The summed E-state index contributed by atoms with van der Waals surface area (Å²) in [6.45, 7) is 11.8. The Hall–Kier alpha value is -0.376. The van der Waals surface area contributed by atoms with Crippen molar-refractivity contribution < 1.29 is 63.8 Å². The molecule has 0 atom stereocenters. The molecule has 0 heterocycles. The summed E-state index contributed by atoms with van der Waals surface area (Å²) in [5.74, 6) is 0. The molecule has 15 heteroatoms. The molecule has 0 aliphatic rings. The van der Waals surface area contributed by atoms with Gasteiger partial charge in [0.15, 0.2) is 16.6 Å². The first-order valence-corrected chi connectivity index (χ1v) is 18.3. The zero-order valence-corrected chi connectivity index (χ0v) is 23.5. The molecule has 1 N–H and O–H groups in total. The molecule has 0 aliphatic carbocycles. The summed E-state index contributed by atoms with van der Waals surface area (Å²) in [6, 6.07) is 1.92. The highest BCUT2D eigenvalue weighted by Gasteiger charge is 2.32. The molecule has 0 aromatic rings. The van der Waals surface area contributed by atoms with Gasteiger partial charge in [0.2, 0.25) is 0 Å². The Balaban J connectivity index is 3.59. The van der Waals surface area contributed by atoms with Gasteiger partial charge in [-0.15, -0.1) is 0 Å². The van der Waals surface area contributed by atoms with Gasteiger partial charge in [0.1, 0.15) is 6.29 Å². The molecule has 0 aromatic heterocycles. The third-order valence-corrected chi connectivity index (χ3v) is 12.4. The van der Waals surface area contributed by atoms with E-state index in [1.165, 1.54) is 0 Å². The van der Waals surface area contributed by atoms with E-state index in [1.807, 2.05) is 0 Å². The second kappa shape index (κ2) is 24.0. The molecule has 0 unspecified atom stereocenters. The zero-order chi connectivity index (χ0) is 26.1. The number of unbranched alkanes of at least 4 members (excludes halogenated alkanes) is 5. The van der Waals surface area contributed by atoms with E-state index >= 15 is 0 Å². The summed E-state index contributed by atoms with van der Waals surface area (Å²) in [4.78, 5) is 15.0. The first-order chi connectivity index (χ1) is 16.8. The van der Waals surface area contributed by atoms with E-state index in [4.69, 9.17) is 23.7 Å². The molecule has 0 radical (unpaired) electrons. The summed E-state index contributed by atoms with van der Waals surface area (Å²) < 4.78 is 17.9. The fraction of sp³-hybridized carbons (Fsp3) is 0.950. The second-order valence-corrected chi connectivity index (χ2v) is 17.9. The Morgan fingerprint density at radius 3 is 1.74 bits per heavy atom. The van der Waals surface area contributed by atoms with Crippen LogP contribution in [0.15, 0.2) is 0 Å². The van der Waals surface area contributed by atoms with Gasteiger partial charge in [-0.1, -0.05) is 19.3 Å². The highest BCUT2D eigenvalue weighted by Crippen LogP contribution is 2.23. The van der Waals surface area contributed by atoms with Gasteiger partial charge in [-0.25, -0.2) is 10.1 Å². The van der Waals surface area contributed by atoms with Crippen LogP contribution in [0.4, 0.5) is 0 Å². The minimum atomic E-state index is -1.86. The highest BCUT2D eigenvalue weighted by molar-refractivity contribution is 6.84. The summed E-state index contributed by atoms with van der Waals surface area (Å²) in [6.07, 6.45) is 8.83. The second-order valence-electron chi connectivity index (χ2n) is 9.08. The van der Waals surface area contributed by atoms with Crippen molar-refractivity contribution in [3.8, 4) is 0 Å². The van der Waals surface area contributed by atoms with Crippen LogP contribution in [0.5, 0.6) is 0 Å². The Labute approximate surface area is 209 Å². The quantitative estimate of drug-likeness (QED) is 0.0472. The largest absolute Gasteiger partial charge is 0.455 e. The summed E-state index contributed by atoms with van der Waals surface area (Å²) in [5, 5.41) is 33.6. The van der Waals surface area contributed by atoms with Crippen molar-refractivity contribution in [1.82, 2.24) is 0 Å². The SMILES string of the molecule is C[Si](C)(CCCOCCOCCCCCCCC=O)O[Si](C)(C)CCCOOOOOOOOO. The first kappa shape index (κ1) is 34.6. The predicted octanol–water partition coefficient (Wildman–Crippen LogP) is 4.78. The van der Waals surface area contributed by atoms with Gasteiger partial charge in [-0.05, 0) is 99.2 Å². The third kappa shape index (κ3) is 26.5. The van der Waals surface area contributed by atoms with Crippen molar-refractivity contribution in [2.24, 2.45) is 0 Å². The molecular weight excluding hydrogens is 504 g/mol. The van der Waals surface area contributed by atoms with Crippen LogP contribution in [-0.4, -0.2) is 61.2 Å². The molecule has 0 aromatic carbocycles. The molecular formula is C20H44O13Si2. The van der Waals surface area contributed by atoms with Gasteiger partial charge in [0.25, 0.3) is 0 Å². The molecule has 35 heavy (non-hydrogen) atoms. The fourth-order valence-corrected chi connectivity index (χ4v) is 12.2. The van der Waals surface area contributed by atoms with E-state index < -0.39 is 16.6 Å². The molecule has 0 spiro atoms. The highest BCUT2D eigenvalue weighted by atomic mass is 28.4. The van der Waals surface area contributed by atoms with Crippen LogP contribution in [-0.2, 0) is 58.5 Å². The molecule has 13 nitrogen and oxygen atoms in total. The molecule has 0 saturated heterocycles. The van der Waals surface area contributed by atoms with Crippen LogP contribution in [0, 0.1) is 0 Å². The predicted molar refractivity (Wildman–Crippen MR) is 126 cm³/mol. The van der Waals surface area contributed by atoms with Gasteiger partial charge in [0, 0.05) is 19.6 Å². The molecule has 0 saturated carbocycles. The van der Waals surface area contributed by atoms with Crippen LogP contribution in [0.3, 0.4) is 0 Å². The van der Waals surface area contributed by atoms with E-state index in [-0.39, 0.29) is 6.61 Å². The van der Waals surface area contributed by atoms with E-state index in [9.17, 15) is 4.79 Å². The maximum atomic E-state index is 10.2. The van der Waals surface area contributed by atoms with Gasteiger partial charge in [0.05, 0.1) is 19.8 Å². The normalized spacial score (nSPS) is 12.4. The van der Waals surface area contributed by atoms with Crippen LogP contribution >= 0.6 is 0 Å². The zero-order valence-electron chi connectivity index (χ0n) is 21.5. The summed E-state index contributed by atoms with van der Waals surface area (Å²) in [5.41, 5.74) is 0. The minimum Gasteiger partial charge on any atom is -0.455 e. The fourth-order valence-electron chi connectivity index (χ4n) is 3.40. The number of aldehydes is 1. The Bertz CT molecular complexity index is 472. The molecule has 0 amide bonds. The molecule has 210 valence electrons. The Kier molecular flexibility index (Phi) is 23.7. The average Bonchev–Trinajstić information content (AvgIpc) is 2.79. The lowest BCUT2D eigenvalue weighted by Gasteiger charge is -2.34. The van der Waals surface area contributed by atoms with Crippen LogP contribution in [0.1, 0.15) is 51.4 Å². The number of carbonyl (C=O) groups is 1. The number of ether oxygens (including phenoxy) is 2. The van der Waals surface area contributed by atoms with Crippen LogP contribution < -0.4 is 0 Å². The van der Waals surface area contributed by atoms with E-state index in [0.717, 1.165) is 69.9 Å². The maximum absolute atomic E-state index is 10.2. The van der Waals surface area contributed by atoms with E-state index in [1.54, 1.807) is 0 Å². The topological polar surface area (TPSA) is 139 Å². The van der Waals surface area contributed by atoms with Crippen molar-refractivity contribution in [2.75, 3.05) is 33.0 Å². The lowest BCUT2D eigenvalue weighted by molar-refractivity contribution is -0.830. The molecule has 0 aliphatic heterocycles. The maximum Gasteiger partial charge on any atom is 0.173 e. The third-order valence-electron chi connectivity index (χ3n) is 4.83. The Morgan fingerprint density at radius 2 is 1.11 bits per heavy atom. The van der Waals surface area contributed by atoms with Crippen molar-refractivity contribution >= 4 is 22.9 Å². The van der Waals surface area contributed by atoms with E-state index in [0.29, 0.717) is 26.2 Å². The standard InChI is InChI=1S/C20H44O13Si2/c1-34(2,19-11-15-24-18-17-23-14-10-8-6-5-7-9-13-21)33-35(3,4)20-12-16-25-27-29-31-32-30-28-26-22/h13,22H,5-12,14-20H2,1-4H3. The average molecular weight is 549 g/mol. The summed E-state index contributed by atoms with van der Waals surface area (Å²) >= 11 is 0. The molecule has 0 fully saturated rings. The van der Waals surface area contributed by atoms with Crippen molar-refractivity contribution in [1.29, 1.82) is 0 Å². The molecule has 0 bridgehead atoms. The van der Waals surface area contributed by atoms with Crippen LogP contribution in [0.25, 0.3) is 0 Å².